The van der Waals surface area contributed by atoms with Gasteiger partial charge >= 0.3 is 0 Å². The van der Waals surface area contributed by atoms with E-state index in [0.29, 0.717) is 23.9 Å². The Morgan fingerprint density at radius 2 is 1.80 bits per heavy atom. The van der Waals surface area contributed by atoms with Gasteiger partial charge < -0.3 is 5.32 Å². The second-order valence-electron chi connectivity index (χ2n) is 6.27. The van der Waals surface area contributed by atoms with Crippen LogP contribution in [0.1, 0.15) is 24.2 Å². The Balaban J connectivity index is 1.75. The Hall–Kier alpha value is -1.51. The fourth-order valence-electron chi connectivity index (χ4n) is 3.01. The first-order valence-corrected chi connectivity index (χ1v) is 10.4. The summed E-state index contributed by atoms with van der Waals surface area (Å²) in [5, 5.41) is 3.29. The number of aromatic nitrogens is 2. The number of sulfonamides is 1. The lowest BCUT2D eigenvalue weighted by molar-refractivity contribution is 0.326. The van der Waals surface area contributed by atoms with Crippen LogP contribution in [0.4, 0.5) is 5.95 Å². The molecule has 0 radical (unpaired) electrons. The van der Waals surface area contributed by atoms with Crippen LogP contribution in [-0.4, -0.2) is 41.8 Å². The van der Waals surface area contributed by atoms with Gasteiger partial charge in [-0.15, -0.1) is 0 Å². The Morgan fingerprint density at radius 3 is 2.44 bits per heavy atom. The molecule has 3 rings (SSSR count). The van der Waals surface area contributed by atoms with Gasteiger partial charge in [0.25, 0.3) is 0 Å². The van der Waals surface area contributed by atoms with Gasteiger partial charge in [-0.3, -0.25) is 0 Å². The number of aryl methyl sites for hydroxylation is 2. The number of hydrogen-bond acceptors (Lipinski definition) is 5. The molecule has 6 nitrogen and oxygen atoms in total. The van der Waals surface area contributed by atoms with Gasteiger partial charge in [0.1, 0.15) is 0 Å². The summed E-state index contributed by atoms with van der Waals surface area (Å²) >= 11 is 3.33. The summed E-state index contributed by atoms with van der Waals surface area (Å²) in [7, 11) is -3.49. The Bertz CT molecular complexity index is 835. The van der Waals surface area contributed by atoms with Crippen LogP contribution in [-0.2, 0) is 10.0 Å². The van der Waals surface area contributed by atoms with Crippen molar-refractivity contribution in [2.24, 2.45) is 0 Å². The number of nitrogens with zero attached hydrogens (tertiary/aromatic N) is 3. The molecule has 1 aromatic heterocycles. The van der Waals surface area contributed by atoms with Gasteiger partial charge in [-0.25, -0.2) is 18.4 Å². The number of benzene rings is 1. The molecule has 2 aromatic rings. The van der Waals surface area contributed by atoms with Crippen LogP contribution < -0.4 is 5.32 Å². The van der Waals surface area contributed by atoms with Crippen molar-refractivity contribution in [3.05, 3.63) is 46.2 Å². The second kappa shape index (κ2) is 7.39. The minimum Gasteiger partial charge on any atom is -0.350 e. The average molecular weight is 425 g/mol. The Kier molecular flexibility index (Phi) is 5.41. The summed E-state index contributed by atoms with van der Waals surface area (Å²) in [4.78, 5) is 9.09. The molecule has 1 saturated heterocycles. The van der Waals surface area contributed by atoms with Crippen molar-refractivity contribution >= 4 is 31.9 Å². The lowest BCUT2D eigenvalue weighted by Crippen LogP contribution is -2.45. The van der Waals surface area contributed by atoms with E-state index in [9.17, 15) is 8.42 Å². The third kappa shape index (κ3) is 4.37. The molecule has 8 heteroatoms. The van der Waals surface area contributed by atoms with Crippen molar-refractivity contribution in [3.8, 4) is 0 Å². The molecule has 134 valence electrons. The van der Waals surface area contributed by atoms with Crippen molar-refractivity contribution in [2.45, 2.75) is 37.6 Å². The first-order valence-electron chi connectivity index (χ1n) is 8.19. The average Bonchev–Trinajstić information content (AvgIpc) is 2.54. The lowest BCUT2D eigenvalue weighted by Gasteiger charge is -2.32. The highest BCUT2D eigenvalue weighted by atomic mass is 79.9. The molecule has 0 bridgehead atoms. The molecule has 1 unspecified atom stereocenters. The van der Waals surface area contributed by atoms with Gasteiger partial charge in [-0.05, 0) is 57.0 Å². The molecule has 1 atom stereocenters. The molecule has 25 heavy (non-hydrogen) atoms. The molecule has 1 aliphatic heterocycles. The number of nitrogens with one attached hydrogen (secondary N) is 1. The maximum absolute atomic E-state index is 12.9. The summed E-state index contributed by atoms with van der Waals surface area (Å²) in [5.41, 5.74) is 1.79. The van der Waals surface area contributed by atoms with Crippen LogP contribution >= 0.6 is 15.9 Å². The molecule has 1 N–H and O–H groups in total. The van der Waals surface area contributed by atoms with Gasteiger partial charge in [-0.1, -0.05) is 15.9 Å². The summed E-state index contributed by atoms with van der Waals surface area (Å²) in [6.45, 7) is 4.79. The predicted octanol–water partition coefficient (Wildman–Crippen LogP) is 3.12. The highest BCUT2D eigenvalue weighted by Crippen LogP contribution is 2.23. The van der Waals surface area contributed by atoms with E-state index in [1.165, 1.54) is 0 Å². The zero-order valence-electron chi connectivity index (χ0n) is 14.2. The van der Waals surface area contributed by atoms with E-state index in [1.54, 1.807) is 28.6 Å². The predicted molar refractivity (Wildman–Crippen MR) is 101 cm³/mol. The number of halogens is 1. The molecule has 0 aliphatic carbocycles. The minimum absolute atomic E-state index is 0.000161. The smallest absolute Gasteiger partial charge is 0.243 e. The van der Waals surface area contributed by atoms with E-state index in [0.717, 1.165) is 28.7 Å². The summed E-state index contributed by atoms with van der Waals surface area (Å²) in [6, 6.07) is 8.66. The first kappa shape index (κ1) is 18.3. The van der Waals surface area contributed by atoms with E-state index < -0.39 is 10.0 Å². The van der Waals surface area contributed by atoms with Crippen LogP contribution in [0, 0.1) is 13.8 Å². The van der Waals surface area contributed by atoms with Gasteiger partial charge in [0.15, 0.2) is 0 Å². The number of rotatable bonds is 4. The fraction of sp³-hybridized carbons (Fsp3) is 0.412. The Morgan fingerprint density at radius 1 is 1.16 bits per heavy atom. The maximum Gasteiger partial charge on any atom is 0.243 e. The van der Waals surface area contributed by atoms with E-state index >= 15 is 0 Å². The van der Waals surface area contributed by atoms with Gasteiger partial charge in [-0.2, -0.15) is 4.31 Å². The maximum atomic E-state index is 12.9. The molecule has 0 saturated carbocycles. The molecule has 1 fully saturated rings. The van der Waals surface area contributed by atoms with Crippen molar-refractivity contribution in [1.82, 2.24) is 14.3 Å². The largest absolute Gasteiger partial charge is 0.350 e. The summed E-state index contributed by atoms with van der Waals surface area (Å²) in [6.07, 6.45) is 1.70. The van der Waals surface area contributed by atoms with Crippen molar-refractivity contribution in [3.63, 3.8) is 0 Å². The Labute approximate surface area is 156 Å². The normalized spacial score (nSPS) is 18.9. The van der Waals surface area contributed by atoms with Crippen LogP contribution in [0.15, 0.2) is 39.7 Å². The van der Waals surface area contributed by atoms with Crippen LogP contribution in [0.5, 0.6) is 0 Å². The van der Waals surface area contributed by atoms with Crippen LogP contribution in [0.25, 0.3) is 0 Å². The third-order valence-electron chi connectivity index (χ3n) is 4.15. The van der Waals surface area contributed by atoms with Gasteiger partial charge in [0.05, 0.1) is 4.90 Å². The van der Waals surface area contributed by atoms with Crippen molar-refractivity contribution in [2.75, 3.05) is 18.4 Å². The monoisotopic (exact) mass is 424 g/mol. The standard InChI is InChI=1S/C17H21BrN4O2S/c1-12-10-13(2)20-17(19-12)21-15-4-3-9-22(11-15)25(23,24)16-7-5-14(18)6-8-16/h5-8,10,15H,3-4,9,11H2,1-2H3,(H,19,20,21). The van der Waals surface area contributed by atoms with Gasteiger partial charge in [0, 0.05) is 35.0 Å². The fourth-order valence-corrected chi connectivity index (χ4v) is 4.80. The van der Waals surface area contributed by atoms with Gasteiger partial charge in [0.2, 0.25) is 16.0 Å². The number of hydrogen-bond donors (Lipinski definition) is 1. The van der Waals surface area contributed by atoms with E-state index in [-0.39, 0.29) is 6.04 Å². The molecular formula is C17H21BrN4O2S. The highest BCUT2D eigenvalue weighted by Gasteiger charge is 2.30. The van der Waals surface area contributed by atoms with Crippen molar-refractivity contribution in [1.29, 1.82) is 0 Å². The summed E-state index contributed by atoms with van der Waals surface area (Å²) in [5.74, 6) is 0.561. The second-order valence-corrected chi connectivity index (χ2v) is 9.13. The molecule has 0 spiro atoms. The van der Waals surface area contributed by atoms with E-state index in [4.69, 9.17) is 0 Å². The van der Waals surface area contributed by atoms with Crippen molar-refractivity contribution < 1.29 is 8.42 Å². The van der Waals surface area contributed by atoms with E-state index in [2.05, 4.69) is 31.2 Å². The molecule has 1 aromatic carbocycles. The van der Waals surface area contributed by atoms with Crippen LogP contribution in [0.3, 0.4) is 0 Å². The third-order valence-corrected chi connectivity index (χ3v) is 6.56. The highest BCUT2D eigenvalue weighted by molar-refractivity contribution is 9.10. The molecular weight excluding hydrogens is 404 g/mol. The number of anilines is 1. The SMILES string of the molecule is Cc1cc(C)nc(NC2CCCN(S(=O)(=O)c3ccc(Br)cc3)C2)n1. The first-order chi connectivity index (χ1) is 11.8. The zero-order valence-corrected chi connectivity index (χ0v) is 16.6. The lowest BCUT2D eigenvalue weighted by atomic mass is 10.1. The summed E-state index contributed by atoms with van der Waals surface area (Å²) < 4.78 is 28.1. The molecule has 1 aliphatic rings. The zero-order chi connectivity index (χ0) is 18.0. The van der Waals surface area contributed by atoms with Crippen LogP contribution in [0.2, 0.25) is 0 Å². The molecule has 0 amide bonds. The molecule has 2 heterocycles. The topological polar surface area (TPSA) is 75.2 Å². The minimum atomic E-state index is -3.49. The van der Waals surface area contributed by atoms with E-state index in [1.807, 2.05) is 19.9 Å². The quantitative estimate of drug-likeness (QED) is 0.815. The number of piperidine rings is 1.